The van der Waals surface area contributed by atoms with Gasteiger partial charge in [0.1, 0.15) is 0 Å². The van der Waals surface area contributed by atoms with Gasteiger partial charge in [-0.05, 0) is 46.2 Å². The number of nitrogens with zero attached hydrogens (tertiary/aromatic N) is 1. The number of carbonyl (C=O) groups is 1. The standard InChI is InChI=1S/C15H30N2O2/c1-5-10-17(11-13-8-6-7-9-16-13)12-15(2,3)14(18)19-4/h13,16H,5-12H2,1-4H3. The van der Waals surface area contributed by atoms with Gasteiger partial charge in [-0.25, -0.2) is 0 Å². The number of rotatable bonds is 7. The average molecular weight is 270 g/mol. The Morgan fingerprint density at radius 3 is 2.68 bits per heavy atom. The molecule has 4 nitrogen and oxygen atoms in total. The molecule has 1 saturated heterocycles. The van der Waals surface area contributed by atoms with Crippen LogP contribution in [0.15, 0.2) is 0 Å². The Balaban J connectivity index is 2.53. The highest BCUT2D eigenvalue weighted by molar-refractivity contribution is 5.76. The topological polar surface area (TPSA) is 41.6 Å². The lowest BCUT2D eigenvalue weighted by molar-refractivity contribution is -0.151. The zero-order valence-corrected chi connectivity index (χ0v) is 13.0. The fourth-order valence-electron chi connectivity index (χ4n) is 2.84. The van der Waals surface area contributed by atoms with Crippen LogP contribution in [0.25, 0.3) is 0 Å². The first-order valence-corrected chi connectivity index (χ1v) is 7.53. The Hall–Kier alpha value is -0.610. The van der Waals surface area contributed by atoms with E-state index in [1.807, 2.05) is 13.8 Å². The first kappa shape index (κ1) is 16.4. The van der Waals surface area contributed by atoms with Crippen LogP contribution < -0.4 is 5.32 Å². The van der Waals surface area contributed by atoms with Gasteiger partial charge in [0.25, 0.3) is 0 Å². The Bertz CT molecular complexity index is 273. The molecule has 1 fully saturated rings. The molecule has 19 heavy (non-hydrogen) atoms. The molecular formula is C15H30N2O2. The van der Waals surface area contributed by atoms with Gasteiger partial charge in [-0.15, -0.1) is 0 Å². The lowest BCUT2D eigenvalue weighted by Gasteiger charge is -2.34. The van der Waals surface area contributed by atoms with E-state index in [4.69, 9.17) is 4.74 Å². The summed E-state index contributed by atoms with van der Waals surface area (Å²) in [5.74, 6) is -0.120. The van der Waals surface area contributed by atoms with Crippen LogP contribution in [0.3, 0.4) is 0 Å². The Kier molecular flexibility index (Phi) is 6.80. The fourth-order valence-corrected chi connectivity index (χ4v) is 2.84. The van der Waals surface area contributed by atoms with Gasteiger partial charge in [-0.2, -0.15) is 0 Å². The van der Waals surface area contributed by atoms with Crippen molar-refractivity contribution in [2.24, 2.45) is 5.41 Å². The predicted octanol–water partition coefficient (Wildman–Crippen LogP) is 2.04. The van der Waals surface area contributed by atoms with E-state index >= 15 is 0 Å². The van der Waals surface area contributed by atoms with E-state index in [-0.39, 0.29) is 5.97 Å². The van der Waals surface area contributed by atoms with Gasteiger partial charge in [-0.1, -0.05) is 13.3 Å². The van der Waals surface area contributed by atoms with E-state index in [9.17, 15) is 4.79 Å². The highest BCUT2D eigenvalue weighted by Crippen LogP contribution is 2.20. The first-order valence-electron chi connectivity index (χ1n) is 7.53. The van der Waals surface area contributed by atoms with Gasteiger partial charge in [0.05, 0.1) is 12.5 Å². The smallest absolute Gasteiger partial charge is 0.312 e. The molecule has 1 aliphatic rings. The second-order valence-corrected chi connectivity index (χ2v) is 6.26. The van der Waals surface area contributed by atoms with Crippen LogP contribution in [0.2, 0.25) is 0 Å². The number of nitrogens with one attached hydrogen (secondary N) is 1. The molecule has 0 aromatic carbocycles. The van der Waals surface area contributed by atoms with Crippen molar-refractivity contribution in [2.75, 3.05) is 33.3 Å². The number of hydrogen-bond donors (Lipinski definition) is 1. The van der Waals surface area contributed by atoms with Crippen LogP contribution in [0, 0.1) is 5.41 Å². The lowest BCUT2D eigenvalue weighted by atomic mass is 9.92. The van der Waals surface area contributed by atoms with Crippen molar-refractivity contribution < 1.29 is 9.53 Å². The van der Waals surface area contributed by atoms with Crippen molar-refractivity contribution in [2.45, 2.75) is 52.5 Å². The molecule has 1 rings (SSSR count). The third kappa shape index (κ3) is 5.49. The SMILES string of the molecule is CCCN(CC1CCCCN1)CC(C)(C)C(=O)OC. The fraction of sp³-hybridized carbons (Fsp3) is 0.933. The molecular weight excluding hydrogens is 240 g/mol. The van der Waals surface area contributed by atoms with Crippen molar-refractivity contribution in [1.82, 2.24) is 10.2 Å². The number of methoxy groups -OCH3 is 1. The maximum Gasteiger partial charge on any atom is 0.312 e. The molecule has 0 aromatic rings. The minimum absolute atomic E-state index is 0.120. The number of ether oxygens (including phenoxy) is 1. The second kappa shape index (κ2) is 7.85. The molecule has 0 radical (unpaired) electrons. The number of esters is 1. The summed E-state index contributed by atoms with van der Waals surface area (Å²) < 4.78 is 4.90. The summed E-state index contributed by atoms with van der Waals surface area (Å²) in [4.78, 5) is 14.2. The first-order chi connectivity index (χ1) is 8.99. The van der Waals surface area contributed by atoms with E-state index in [1.165, 1.54) is 26.4 Å². The minimum atomic E-state index is -0.432. The Morgan fingerprint density at radius 2 is 2.16 bits per heavy atom. The molecule has 1 N–H and O–H groups in total. The Labute approximate surface area is 117 Å². The molecule has 0 aliphatic carbocycles. The maximum atomic E-state index is 11.8. The van der Waals surface area contributed by atoms with Gasteiger partial charge in [-0.3, -0.25) is 4.79 Å². The summed E-state index contributed by atoms with van der Waals surface area (Å²) in [5, 5.41) is 3.58. The van der Waals surface area contributed by atoms with E-state index in [2.05, 4.69) is 17.1 Å². The minimum Gasteiger partial charge on any atom is -0.469 e. The zero-order chi connectivity index (χ0) is 14.3. The molecule has 0 spiro atoms. The quantitative estimate of drug-likeness (QED) is 0.719. The maximum absolute atomic E-state index is 11.8. The average Bonchev–Trinajstić information content (AvgIpc) is 2.38. The van der Waals surface area contributed by atoms with Crippen LogP contribution >= 0.6 is 0 Å². The van der Waals surface area contributed by atoms with E-state index in [1.54, 1.807) is 0 Å². The molecule has 112 valence electrons. The van der Waals surface area contributed by atoms with Crippen molar-refractivity contribution >= 4 is 5.97 Å². The van der Waals surface area contributed by atoms with Crippen molar-refractivity contribution in [3.63, 3.8) is 0 Å². The van der Waals surface area contributed by atoms with Gasteiger partial charge < -0.3 is 15.0 Å². The normalized spacial score (nSPS) is 20.6. The predicted molar refractivity (Wildman–Crippen MR) is 78.2 cm³/mol. The monoisotopic (exact) mass is 270 g/mol. The van der Waals surface area contributed by atoms with Gasteiger partial charge in [0.15, 0.2) is 0 Å². The third-order valence-corrected chi connectivity index (χ3v) is 3.79. The number of piperidine rings is 1. The molecule has 1 unspecified atom stereocenters. The van der Waals surface area contributed by atoms with Crippen LogP contribution in [0.4, 0.5) is 0 Å². The number of carbonyl (C=O) groups excluding carboxylic acids is 1. The summed E-state index contributed by atoms with van der Waals surface area (Å²) >= 11 is 0. The van der Waals surface area contributed by atoms with Crippen LogP contribution in [-0.4, -0.2) is 50.2 Å². The zero-order valence-electron chi connectivity index (χ0n) is 13.0. The summed E-state index contributed by atoms with van der Waals surface area (Å²) in [6.07, 6.45) is 4.97. The van der Waals surface area contributed by atoms with E-state index < -0.39 is 5.41 Å². The second-order valence-electron chi connectivity index (χ2n) is 6.26. The highest BCUT2D eigenvalue weighted by atomic mass is 16.5. The molecule has 1 aliphatic heterocycles. The summed E-state index contributed by atoms with van der Waals surface area (Å²) in [7, 11) is 1.47. The van der Waals surface area contributed by atoms with Crippen LogP contribution in [0.1, 0.15) is 46.5 Å². The lowest BCUT2D eigenvalue weighted by Crippen LogP contribution is -2.48. The van der Waals surface area contributed by atoms with Gasteiger partial charge >= 0.3 is 5.97 Å². The van der Waals surface area contributed by atoms with E-state index in [0.29, 0.717) is 6.04 Å². The molecule has 0 aromatic heterocycles. The Morgan fingerprint density at radius 1 is 1.42 bits per heavy atom. The van der Waals surface area contributed by atoms with Crippen molar-refractivity contribution in [3.05, 3.63) is 0 Å². The summed E-state index contributed by atoms with van der Waals surface area (Å²) in [5.41, 5.74) is -0.432. The van der Waals surface area contributed by atoms with Crippen LogP contribution in [-0.2, 0) is 9.53 Å². The van der Waals surface area contributed by atoms with Gasteiger partial charge in [0, 0.05) is 19.1 Å². The molecule has 4 heteroatoms. The molecule has 0 amide bonds. The largest absolute Gasteiger partial charge is 0.469 e. The van der Waals surface area contributed by atoms with E-state index in [0.717, 1.165) is 32.6 Å². The summed E-state index contributed by atoms with van der Waals surface area (Å²) in [6, 6.07) is 0.578. The third-order valence-electron chi connectivity index (χ3n) is 3.79. The van der Waals surface area contributed by atoms with Crippen LogP contribution in [0.5, 0.6) is 0 Å². The van der Waals surface area contributed by atoms with Crippen molar-refractivity contribution in [3.8, 4) is 0 Å². The molecule has 0 bridgehead atoms. The summed E-state index contributed by atoms with van der Waals surface area (Å²) in [6.45, 7) is 10.1. The molecule has 1 atom stereocenters. The highest BCUT2D eigenvalue weighted by Gasteiger charge is 2.31. The molecule has 0 saturated carbocycles. The van der Waals surface area contributed by atoms with Crippen molar-refractivity contribution in [1.29, 1.82) is 0 Å². The van der Waals surface area contributed by atoms with Gasteiger partial charge in [0.2, 0.25) is 0 Å². The molecule has 1 heterocycles. The number of hydrogen-bond acceptors (Lipinski definition) is 4.